The molecule has 0 aliphatic carbocycles. The minimum absolute atomic E-state index is 0.116. The Bertz CT molecular complexity index is 622. The van der Waals surface area contributed by atoms with Crippen molar-refractivity contribution in [1.29, 1.82) is 0 Å². The number of carbonyl (C=O) groups excluding carboxylic acids is 1. The number of ether oxygens (including phenoxy) is 1. The van der Waals surface area contributed by atoms with Gasteiger partial charge in [-0.15, -0.1) is 0 Å². The molecule has 0 saturated carbocycles. The summed E-state index contributed by atoms with van der Waals surface area (Å²) in [5.74, 6) is 2.65. The Labute approximate surface area is 163 Å². The molecule has 1 aromatic heterocycles. The number of piperidine rings is 1. The van der Waals surface area contributed by atoms with Crippen molar-refractivity contribution in [3.8, 4) is 0 Å². The Hall–Kier alpha value is -1.37. The highest BCUT2D eigenvalue weighted by atomic mass is 16.5. The Kier molecular flexibility index (Phi) is 6.61. The third-order valence-corrected chi connectivity index (χ3v) is 6.52. The number of likely N-dealkylation sites (N-methyl/N-ethyl adjacent to an activating group) is 1. The molecule has 0 N–H and O–H groups in total. The number of nitrogens with zero attached hydrogens (tertiary/aromatic N) is 3. The van der Waals surface area contributed by atoms with E-state index in [-0.39, 0.29) is 18.1 Å². The molecule has 152 valence electrons. The molecule has 0 unspecified atom stereocenters. The van der Waals surface area contributed by atoms with Crippen LogP contribution in [0.5, 0.6) is 0 Å². The van der Waals surface area contributed by atoms with E-state index in [4.69, 9.17) is 9.15 Å². The number of piperazine rings is 1. The predicted octanol–water partition coefficient (Wildman–Crippen LogP) is 2.34. The maximum Gasteiger partial charge on any atom is 0.248 e. The van der Waals surface area contributed by atoms with Crippen LogP contribution in [0.2, 0.25) is 0 Å². The first-order valence-corrected chi connectivity index (χ1v) is 10.2. The lowest BCUT2D eigenvalue weighted by Gasteiger charge is -2.53. The summed E-state index contributed by atoms with van der Waals surface area (Å²) in [6.45, 7) is 10.5. The second kappa shape index (κ2) is 8.76. The van der Waals surface area contributed by atoms with Crippen LogP contribution in [0.1, 0.15) is 43.6 Å². The van der Waals surface area contributed by atoms with E-state index in [1.54, 1.807) is 7.11 Å². The Balaban J connectivity index is 1.53. The summed E-state index contributed by atoms with van der Waals surface area (Å²) in [4.78, 5) is 19.2. The SMILES string of the molecule is COCC(=O)N1CCC2(CC1)CN(CC[C@H](C)c1ccc(C)o1)CCN2C. The molecule has 0 aromatic carbocycles. The van der Waals surface area contributed by atoms with Gasteiger partial charge in [0.05, 0.1) is 0 Å². The van der Waals surface area contributed by atoms with Gasteiger partial charge in [0.25, 0.3) is 0 Å². The van der Waals surface area contributed by atoms with Crippen LogP contribution in [-0.2, 0) is 9.53 Å². The summed E-state index contributed by atoms with van der Waals surface area (Å²) >= 11 is 0. The van der Waals surface area contributed by atoms with Crippen LogP contribution in [0, 0.1) is 6.92 Å². The normalized spacial score (nSPS) is 22.3. The highest BCUT2D eigenvalue weighted by Crippen LogP contribution is 2.32. The van der Waals surface area contributed by atoms with Gasteiger partial charge in [-0.25, -0.2) is 0 Å². The van der Waals surface area contributed by atoms with Crippen LogP contribution >= 0.6 is 0 Å². The largest absolute Gasteiger partial charge is 0.466 e. The molecule has 1 spiro atoms. The van der Waals surface area contributed by atoms with Crippen molar-refractivity contribution in [2.24, 2.45) is 0 Å². The second-order valence-electron chi connectivity index (χ2n) is 8.37. The lowest BCUT2D eigenvalue weighted by molar-refractivity contribution is -0.138. The van der Waals surface area contributed by atoms with Gasteiger partial charge in [0.15, 0.2) is 0 Å². The fourth-order valence-corrected chi connectivity index (χ4v) is 4.50. The number of hydrogen-bond acceptors (Lipinski definition) is 5. The second-order valence-corrected chi connectivity index (χ2v) is 8.37. The fourth-order valence-electron chi connectivity index (χ4n) is 4.50. The monoisotopic (exact) mass is 377 g/mol. The van der Waals surface area contributed by atoms with Crippen molar-refractivity contribution in [1.82, 2.24) is 14.7 Å². The van der Waals surface area contributed by atoms with Gasteiger partial charge in [0.1, 0.15) is 18.1 Å². The van der Waals surface area contributed by atoms with E-state index < -0.39 is 0 Å². The molecule has 1 aromatic rings. The quantitative estimate of drug-likeness (QED) is 0.762. The molecule has 1 amide bonds. The summed E-state index contributed by atoms with van der Waals surface area (Å²) in [5, 5.41) is 0. The zero-order valence-corrected chi connectivity index (χ0v) is 17.4. The highest BCUT2D eigenvalue weighted by Gasteiger charge is 2.42. The fraction of sp³-hybridized carbons (Fsp3) is 0.762. The van der Waals surface area contributed by atoms with E-state index in [0.29, 0.717) is 5.92 Å². The summed E-state index contributed by atoms with van der Waals surface area (Å²) in [6.07, 6.45) is 3.20. The van der Waals surface area contributed by atoms with Crippen LogP contribution in [-0.4, -0.2) is 86.2 Å². The van der Waals surface area contributed by atoms with Gasteiger partial charge < -0.3 is 19.0 Å². The summed E-state index contributed by atoms with van der Waals surface area (Å²) in [7, 11) is 3.83. The average molecular weight is 378 g/mol. The number of likely N-dealkylation sites (tertiary alicyclic amines) is 1. The van der Waals surface area contributed by atoms with Crippen LogP contribution in [0.25, 0.3) is 0 Å². The molecule has 0 radical (unpaired) electrons. The van der Waals surface area contributed by atoms with Gasteiger partial charge in [0, 0.05) is 51.3 Å². The van der Waals surface area contributed by atoms with E-state index >= 15 is 0 Å². The Morgan fingerprint density at radius 1 is 1.26 bits per heavy atom. The van der Waals surface area contributed by atoms with E-state index in [0.717, 1.165) is 70.1 Å². The first-order valence-electron chi connectivity index (χ1n) is 10.2. The van der Waals surface area contributed by atoms with Gasteiger partial charge >= 0.3 is 0 Å². The lowest BCUT2D eigenvalue weighted by atomic mass is 9.83. The number of furan rings is 1. The Morgan fingerprint density at radius 2 is 2.00 bits per heavy atom. The van der Waals surface area contributed by atoms with Gasteiger partial charge in [-0.05, 0) is 51.9 Å². The molecule has 1 atom stereocenters. The first kappa shape index (κ1) is 20.4. The van der Waals surface area contributed by atoms with Crippen molar-refractivity contribution in [2.45, 2.75) is 44.6 Å². The Morgan fingerprint density at radius 3 is 2.63 bits per heavy atom. The summed E-state index contributed by atoms with van der Waals surface area (Å²) in [5.41, 5.74) is 0.201. The first-order chi connectivity index (χ1) is 12.9. The minimum atomic E-state index is 0.116. The highest BCUT2D eigenvalue weighted by molar-refractivity contribution is 5.77. The molecule has 2 aliphatic rings. The topological polar surface area (TPSA) is 49.2 Å². The number of hydrogen-bond donors (Lipinski definition) is 0. The van der Waals surface area contributed by atoms with Crippen LogP contribution < -0.4 is 0 Å². The smallest absolute Gasteiger partial charge is 0.248 e. The molecule has 6 nitrogen and oxygen atoms in total. The molecule has 6 heteroatoms. The molecule has 2 fully saturated rings. The number of aryl methyl sites for hydroxylation is 1. The zero-order valence-electron chi connectivity index (χ0n) is 17.4. The third-order valence-electron chi connectivity index (χ3n) is 6.52. The van der Waals surface area contributed by atoms with Crippen molar-refractivity contribution in [3.63, 3.8) is 0 Å². The third kappa shape index (κ3) is 4.73. The molecule has 0 bridgehead atoms. The van der Waals surface area contributed by atoms with E-state index in [9.17, 15) is 4.79 Å². The van der Waals surface area contributed by atoms with E-state index in [1.807, 2.05) is 11.8 Å². The summed E-state index contributed by atoms with van der Waals surface area (Å²) < 4.78 is 10.8. The predicted molar refractivity (Wildman–Crippen MR) is 106 cm³/mol. The van der Waals surface area contributed by atoms with Crippen molar-refractivity contribution in [3.05, 3.63) is 23.7 Å². The summed E-state index contributed by atoms with van der Waals surface area (Å²) in [6, 6.07) is 4.16. The van der Waals surface area contributed by atoms with Crippen LogP contribution in [0.3, 0.4) is 0 Å². The molecular formula is C21H35N3O3. The van der Waals surface area contributed by atoms with Crippen molar-refractivity contribution in [2.75, 3.05) is 60.0 Å². The van der Waals surface area contributed by atoms with Gasteiger partial charge in [-0.1, -0.05) is 6.92 Å². The standard InChI is InChI=1S/C21H35N3O3/c1-17(19-6-5-18(2)27-19)7-10-23-14-13-22(3)21(16-23)8-11-24(12-9-21)20(25)15-26-4/h5-6,17H,7-16H2,1-4H3/t17-/m0/s1. The number of carbonyl (C=O) groups is 1. The maximum atomic E-state index is 12.1. The molecular weight excluding hydrogens is 342 g/mol. The molecule has 2 saturated heterocycles. The number of rotatable bonds is 6. The zero-order chi connectivity index (χ0) is 19.4. The minimum Gasteiger partial charge on any atom is -0.466 e. The lowest BCUT2D eigenvalue weighted by Crippen LogP contribution is -2.64. The van der Waals surface area contributed by atoms with Crippen molar-refractivity contribution >= 4 is 5.91 Å². The van der Waals surface area contributed by atoms with Crippen LogP contribution in [0.4, 0.5) is 0 Å². The van der Waals surface area contributed by atoms with E-state index in [1.165, 1.54) is 0 Å². The van der Waals surface area contributed by atoms with Gasteiger partial charge in [0.2, 0.25) is 5.91 Å². The number of amides is 1. The van der Waals surface area contributed by atoms with Gasteiger partial charge in [-0.3, -0.25) is 9.69 Å². The van der Waals surface area contributed by atoms with Gasteiger partial charge in [-0.2, -0.15) is 0 Å². The molecule has 3 heterocycles. The molecule has 2 aliphatic heterocycles. The average Bonchev–Trinajstić information content (AvgIpc) is 3.10. The molecule has 3 rings (SSSR count). The van der Waals surface area contributed by atoms with E-state index in [2.05, 4.69) is 35.9 Å². The van der Waals surface area contributed by atoms with Crippen LogP contribution in [0.15, 0.2) is 16.5 Å². The van der Waals surface area contributed by atoms with Crippen molar-refractivity contribution < 1.29 is 13.9 Å². The maximum absolute atomic E-state index is 12.1. The number of methoxy groups -OCH3 is 1. The molecule has 27 heavy (non-hydrogen) atoms.